The monoisotopic (exact) mass is 231 g/mol. The molecule has 5 heteroatoms. The van der Waals surface area contributed by atoms with Gasteiger partial charge in [-0.15, -0.1) is 5.10 Å². The van der Waals surface area contributed by atoms with Crippen molar-refractivity contribution in [1.82, 2.24) is 15.0 Å². The number of carbonyl (C=O) groups excluding carboxylic acids is 1. The molecule has 0 N–H and O–H groups in total. The lowest BCUT2D eigenvalue weighted by molar-refractivity contribution is 0.0594. The SMILES string of the molecule is COC(=O)c1cn(-c2cccc(C)c2C)nn1. The number of rotatable bonds is 2. The molecule has 2 rings (SSSR count). The molecule has 0 aliphatic rings. The van der Waals surface area contributed by atoms with Gasteiger partial charge >= 0.3 is 5.97 Å². The number of aromatic nitrogens is 3. The second kappa shape index (κ2) is 4.37. The largest absolute Gasteiger partial charge is 0.464 e. The van der Waals surface area contributed by atoms with Crippen molar-refractivity contribution in [2.24, 2.45) is 0 Å². The first-order chi connectivity index (χ1) is 8.13. The Morgan fingerprint density at radius 3 is 2.82 bits per heavy atom. The third kappa shape index (κ3) is 2.04. The van der Waals surface area contributed by atoms with E-state index in [0.717, 1.165) is 16.8 Å². The summed E-state index contributed by atoms with van der Waals surface area (Å²) in [7, 11) is 1.32. The van der Waals surface area contributed by atoms with E-state index in [1.807, 2.05) is 32.0 Å². The van der Waals surface area contributed by atoms with Crippen LogP contribution in [0.2, 0.25) is 0 Å². The molecular formula is C12H13N3O2. The summed E-state index contributed by atoms with van der Waals surface area (Å²) < 4.78 is 6.16. The van der Waals surface area contributed by atoms with Crippen LogP contribution >= 0.6 is 0 Å². The van der Waals surface area contributed by atoms with E-state index in [-0.39, 0.29) is 5.69 Å². The van der Waals surface area contributed by atoms with Gasteiger partial charge in [-0.1, -0.05) is 17.3 Å². The normalized spacial score (nSPS) is 10.3. The highest BCUT2D eigenvalue weighted by Crippen LogP contribution is 2.16. The van der Waals surface area contributed by atoms with Crippen molar-refractivity contribution in [2.75, 3.05) is 7.11 Å². The van der Waals surface area contributed by atoms with Gasteiger partial charge in [0.25, 0.3) is 0 Å². The van der Waals surface area contributed by atoms with Crippen LogP contribution in [0.5, 0.6) is 0 Å². The van der Waals surface area contributed by atoms with E-state index in [2.05, 4.69) is 15.0 Å². The second-order valence-corrected chi connectivity index (χ2v) is 3.76. The summed E-state index contributed by atoms with van der Waals surface area (Å²) in [5.41, 5.74) is 3.38. The number of ether oxygens (including phenoxy) is 1. The lowest BCUT2D eigenvalue weighted by Crippen LogP contribution is -2.01. The van der Waals surface area contributed by atoms with Gasteiger partial charge < -0.3 is 4.74 Å². The van der Waals surface area contributed by atoms with Crippen LogP contribution in [0.1, 0.15) is 21.6 Å². The Labute approximate surface area is 99.0 Å². The van der Waals surface area contributed by atoms with E-state index in [1.54, 1.807) is 10.9 Å². The summed E-state index contributed by atoms with van der Waals surface area (Å²) in [5, 5.41) is 7.70. The zero-order chi connectivity index (χ0) is 12.4. The van der Waals surface area contributed by atoms with E-state index < -0.39 is 5.97 Å². The average Bonchev–Trinajstić information content (AvgIpc) is 2.81. The molecule has 0 aliphatic carbocycles. The van der Waals surface area contributed by atoms with Gasteiger partial charge in [0.15, 0.2) is 5.69 Å². The molecule has 0 saturated carbocycles. The van der Waals surface area contributed by atoms with Gasteiger partial charge in [0.05, 0.1) is 19.0 Å². The van der Waals surface area contributed by atoms with Crippen molar-refractivity contribution in [1.29, 1.82) is 0 Å². The fourth-order valence-corrected chi connectivity index (χ4v) is 1.56. The molecular weight excluding hydrogens is 218 g/mol. The minimum atomic E-state index is -0.485. The smallest absolute Gasteiger partial charge is 0.360 e. The molecule has 0 fully saturated rings. The molecule has 0 amide bonds. The summed E-state index contributed by atoms with van der Waals surface area (Å²) in [5.74, 6) is -0.485. The highest BCUT2D eigenvalue weighted by molar-refractivity contribution is 5.86. The number of nitrogens with zero attached hydrogens (tertiary/aromatic N) is 3. The van der Waals surface area contributed by atoms with Crippen LogP contribution in [0.15, 0.2) is 24.4 Å². The van der Waals surface area contributed by atoms with Gasteiger partial charge in [0.2, 0.25) is 0 Å². The van der Waals surface area contributed by atoms with Crippen LogP contribution in [0.25, 0.3) is 5.69 Å². The first-order valence-electron chi connectivity index (χ1n) is 5.20. The summed E-state index contributed by atoms with van der Waals surface area (Å²) in [4.78, 5) is 11.3. The molecule has 2 aromatic rings. The molecule has 0 spiro atoms. The van der Waals surface area contributed by atoms with Gasteiger partial charge in [-0.05, 0) is 31.0 Å². The molecule has 0 bridgehead atoms. The quantitative estimate of drug-likeness (QED) is 0.738. The number of benzene rings is 1. The zero-order valence-corrected chi connectivity index (χ0v) is 9.97. The van der Waals surface area contributed by atoms with Crippen LogP contribution < -0.4 is 0 Å². The van der Waals surface area contributed by atoms with Crippen molar-refractivity contribution >= 4 is 5.97 Å². The minimum Gasteiger partial charge on any atom is -0.464 e. The third-order valence-electron chi connectivity index (χ3n) is 2.71. The Hall–Kier alpha value is -2.17. The van der Waals surface area contributed by atoms with E-state index in [1.165, 1.54) is 7.11 Å². The van der Waals surface area contributed by atoms with Crippen molar-refractivity contribution in [3.05, 3.63) is 41.2 Å². The molecule has 0 aliphatic heterocycles. The minimum absolute atomic E-state index is 0.202. The molecule has 88 valence electrons. The molecule has 0 unspecified atom stereocenters. The first-order valence-corrected chi connectivity index (χ1v) is 5.20. The number of aryl methyl sites for hydroxylation is 1. The number of carbonyl (C=O) groups is 1. The van der Waals surface area contributed by atoms with Gasteiger partial charge in [-0.25, -0.2) is 9.48 Å². The molecule has 1 aromatic carbocycles. The standard InChI is InChI=1S/C12H13N3O2/c1-8-5-4-6-11(9(8)2)15-7-10(13-14-15)12(16)17-3/h4-7H,1-3H3. The van der Waals surface area contributed by atoms with Crippen molar-refractivity contribution < 1.29 is 9.53 Å². The maximum absolute atomic E-state index is 11.3. The van der Waals surface area contributed by atoms with Crippen molar-refractivity contribution in [3.8, 4) is 5.69 Å². The maximum Gasteiger partial charge on any atom is 0.360 e. The highest BCUT2D eigenvalue weighted by atomic mass is 16.5. The summed E-state index contributed by atoms with van der Waals surface area (Å²) >= 11 is 0. The van der Waals surface area contributed by atoms with E-state index in [4.69, 9.17) is 0 Å². The van der Waals surface area contributed by atoms with Crippen LogP contribution in [-0.2, 0) is 4.74 Å². The molecule has 0 atom stereocenters. The molecule has 0 radical (unpaired) electrons. The Kier molecular flexibility index (Phi) is 2.91. The number of esters is 1. The predicted octanol–water partition coefficient (Wildman–Crippen LogP) is 1.67. The number of methoxy groups -OCH3 is 1. The molecule has 5 nitrogen and oxygen atoms in total. The van der Waals surface area contributed by atoms with Gasteiger partial charge in [-0.2, -0.15) is 0 Å². The number of hydrogen-bond donors (Lipinski definition) is 0. The Morgan fingerprint density at radius 2 is 2.12 bits per heavy atom. The fourth-order valence-electron chi connectivity index (χ4n) is 1.56. The van der Waals surface area contributed by atoms with Gasteiger partial charge in [0.1, 0.15) is 0 Å². The van der Waals surface area contributed by atoms with E-state index in [9.17, 15) is 4.79 Å². The van der Waals surface area contributed by atoms with Crippen LogP contribution in [0, 0.1) is 13.8 Å². The molecule has 1 aromatic heterocycles. The summed E-state index contributed by atoms with van der Waals surface area (Å²) in [6.45, 7) is 4.03. The van der Waals surface area contributed by atoms with Crippen molar-refractivity contribution in [3.63, 3.8) is 0 Å². The highest BCUT2D eigenvalue weighted by Gasteiger charge is 2.12. The lowest BCUT2D eigenvalue weighted by Gasteiger charge is -2.06. The van der Waals surface area contributed by atoms with Crippen LogP contribution in [0.3, 0.4) is 0 Å². The van der Waals surface area contributed by atoms with Gasteiger partial charge in [-0.3, -0.25) is 0 Å². The third-order valence-corrected chi connectivity index (χ3v) is 2.71. The Bertz CT molecular complexity index is 561. The first kappa shape index (κ1) is 11.3. The van der Waals surface area contributed by atoms with Crippen LogP contribution in [-0.4, -0.2) is 28.1 Å². The second-order valence-electron chi connectivity index (χ2n) is 3.76. The Balaban J connectivity index is 2.44. The molecule has 1 heterocycles. The topological polar surface area (TPSA) is 57.0 Å². The van der Waals surface area contributed by atoms with Crippen LogP contribution in [0.4, 0.5) is 0 Å². The lowest BCUT2D eigenvalue weighted by atomic mass is 10.1. The Morgan fingerprint density at radius 1 is 1.35 bits per heavy atom. The fraction of sp³-hybridized carbons (Fsp3) is 0.250. The van der Waals surface area contributed by atoms with Crippen molar-refractivity contribution in [2.45, 2.75) is 13.8 Å². The number of hydrogen-bond acceptors (Lipinski definition) is 4. The van der Waals surface area contributed by atoms with Gasteiger partial charge in [0, 0.05) is 0 Å². The molecule has 17 heavy (non-hydrogen) atoms. The van der Waals surface area contributed by atoms with E-state index >= 15 is 0 Å². The maximum atomic E-state index is 11.3. The predicted molar refractivity (Wildman–Crippen MR) is 62.2 cm³/mol. The summed E-state index contributed by atoms with van der Waals surface area (Å²) in [6, 6.07) is 5.90. The average molecular weight is 231 g/mol. The zero-order valence-electron chi connectivity index (χ0n) is 9.97. The summed E-state index contributed by atoms with van der Waals surface area (Å²) in [6.07, 6.45) is 1.56. The van der Waals surface area contributed by atoms with E-state index in [0.29, 0.717) is 0 Å². The molecule has 0 saturated heterocycles.